The third-order valence-corrected chi connectivity index (χ3v) is 3.82. The van der Waals surface area contributed by atoms with Gasteiger partial charge in [0.25, 0.3) is 0 Å². The molecule has 0 atom stereocenters. The monoisotopic (exact) mass is 402 g/mol. The molecule has 0 heterocycles. The molecule has 0 aromatic heterocycles. The van der Waals surface area contributed by atoms with Gasteiger partial charge < -0.3 is 15.5 Å². The summed E-state index contributed by atoms with van der Waals surface area (Å²) in [6.07, 6.45) is 3.26. The molecule has 0 radical (unpaired) electrons. The van der Waals surface area contributed by atoms with E-state index < -0.39 is 0 Å². The molecule has 0 aromatic rings. The fourth-order valence-corrected chi connectivity index (χ4v) is 1.47. The first-order chi connectivity index (χ1) is 8.41. The third kappa shape index (κ3) is 13.1. The van der Waals surface area contributed by atoms with Gasteiger partial charge >= 0.3 is 0 Å². The van der Waals surface area contributed by atoms with Crippen LogP contribution in [-0.4, -0.2) is 62.1 Å². The Morgan fingerprint density at radius 1 is 1.26 bits per heavy atom. The lowest BCUT2D eigenvalue weighted by molar-refractivity contribution is 0.399. The van der Waals surface area contributed by atoms with E-state index in [1.165, 1.54) is 0 Å². The van der Waals surface area contributed by atoms with Crippen LogP contribution in [0.2, 0.25) is 0 Å². The van der Waals surface area contributed by atoms with Crippen molar-refractivity contribution in [3.05, 3.63) is 0 Å². The zero-order valence-corrected chi connectivity index (χ0v) is 16.4. The number of nitrogens with zero attached hydrogens (tertiary/aromatic N) is 2. The van der Waals surface area contributed by atoms with Crippen LogP contribution in [0.3, 0.4) is 0 Å². The Morgan fingerprint density at radius 3 is 2.37 bits per heavy atom. The lowest BCUT2D eigenvalue weighted by Crippen LogP contribution is -2.39. The second kappa shape index (κ2) is 12.1. The molecule has 0 rings (SSSR count). The molecule has 0 aromatic carbocycles. The summed E-state index contributed by atoms with van der Waals surface area (Å²) in [5, 5.41) is 6.66. The summed E-state index contributed by atoms with van der Waals surface area (Å²) in [5.41, 5.74) is 0. The zero-order chi connectivity index (χ0) is 14.0. The van der Waals surface area contributed by atoms with Gasteiger partial charge in [-0.05, 0) is 54.1 Å². The molecule has 19 heavy (non-hydrogen) atoms. The number of guanidine groups is 1. The molecule has 0 saturated carbocycles. The molecule has 0 spiro atoms. The topological polar surface area (TPSA) is 39.7 Å². The van der Waals surface area contributed by atoms with E-state index in [4.69, 9.17) is 0 Å². The molecule has 0 aliphatic rings. The minimum absolute atomic E-state index is 0. The molecular weight excluding hydrogens is 371 g/mol. The quantitative estimate of drug-likeness (QED) is 0.283. The molecule has 6 heteroatoms. The van der Waals surface area contributed by atoms with E-state index in [2.05, 4.69) is 61.6 Å². The van der Waals surface area contributed by atoms with Crippen molar-refractivity contribution in [2.75, 3.05) is 46.5 Å². The van der Waals surface area contributed by atoms with Gasteiger partial charge in [0.15, 0.2) is 5.96 Å². The van der Waals surface area contributed by atoms with Crippen LogP contribution in [-0.2, 0) is 0 Å². The number of thioether (sulfide) groups is 1. The van der Waals surface area contributed by atoms with Crippen molar-refractivity contribution in [1.82, 2.24) is 15.5 Å². The van der Waals surface area contributed by atoms with Gasteiger partial charge in [0.2, 0.25) is 0 Å². The van der Waals surface area contributed by atoms with Gasteiger partial charge in [0, 0.05) is 17.8 Å². The molecule has 0 fully saturated rings. The van der Waals surface area contributed by atoms with E-state index in [9.17, 15) is 0 Å². The fraction of sp³-hybridized carbons (Fsp3) is 0.923. The molecule has 2 N–H and O–H groups in total. The van der Waals surface area contributed by atoms with Gasteiger partial charge in [-0.25, -0.2) is 0 Å². The van der Waals surface area contributed by atoms with Crippen LogP contribution < -0.4 is 10.6 Å². The van der Waals surface area contributed by atoms with Crippen LogP contribution in [0.5, 0.6) is 0 Å². The normalized spacial score (nSPS) is 12.3. The SMILES string of the molecule is CCNC(=NCC(C)(C)SC)NCCCN(C)C.I. The highest BCUT2D eigenvalue weighted by molar-refractivity contribution is 14.0. The largest absolute Gasteiger partial charge is 0.357 e. The van der Waals surface area contributed by atoms with Crippen LogP contribution in [0.15, 0.2) is 4.99 Å². The van der Waals surface area contributed by atoms with E-state index in [1.807, 2.05) is 11.8 Å². The minimum atomic E-state index is 0. The van der Waals surface area contributed by atoms with Crippen molar-refractivity contribution < 1.29 is 0 Å². The van der Waals surface area contributed by atoms with E-state index in [0.717, 1.165) is 38.6 Å². The van der Waals surface area contributed by atoms with Crippen molar-refractivity contribution >= 4 is 41.7 Å². The van der Waals surface area contributed by atoms with E-state index >= 15 is 0 Å². The van der Waals surface area contributed by atoms with E-state index in [-0.39, 0.29) is 28.7 Å². The second-order valence-corrected chi connectivity index (χ2v) is 6.76. The summed E-state index contributed by atoms with van der Waals surface area (Å²) in [5.74, 6) is 0.929. The number of nitrogens with one attached hydrogen (secondary N) is 2. The molecular formula is C13H31IN4S. The first kappa shape index (κ1) is 21.6. The van der Waals surface area contributed by atoms with Gasteiger partial charge in [-0.2, -0.15) is 11.8 Å². The summed E-state index contributed by atoms with van der Waals surface area (Å²) < 4.78 is 0.200. The maximum atomic E-state index is 4.63. The maximum Gasteiger partial charge on any atom is 0.191 e. The third-order valence-electron chi connectivity index (χ3n) is 2.59. The smallest absolute Gasteiger partial charge is 0.191 e. The van der Waals surface area contributed by atoms with Crippen molar-refractivity contribution in [3.63, 3.8) is 0 Å². The highest BCUT2D eigenvalue weighted by atomic mass is 127. The average molecular weight is 402 g/mol. The van der Waals surface area contributed by atoms with Gasteiger partial charge in [-0.3, -0.25) is 4.99 Å². The van der Waals surface area contributed by atoms with E-state index in [0.29, 0.717) is 0 Å². The Balaban J connectivity index is 0. The summed E-state index contributed by atoms with van der Waals surface area (Å²) in [7, 11) is 4.20. The summed E-state index contributed by atoms with van der Waals surface area (Å²) in [6, 6.07) is 0. The Labute approximate surface area is 140 Å². The number of aliphatic imine (C=N–C) groups is 1. The molecule has 4 nitrogen and oxygen atoms in total. The lowest BCUT2D eigenvalue weighted by atomic mass is 10.2. The van der Waals surface area contributed by atoms with Crippen molar-refractivity contribution in [2.24, 2.45) is 4.99 Å². The minimum Gasteiger partial charge on any atom is -0.357 e. The first-order valence-corrected chi connectivity index (χ1v) is 7.86. The average Bonchev–Trinajstić information content (AvgIpc) is 2.31. The standard InChI is InChI=1S/C13H30N4S.HI/c1-7-14-12(15-9-8-10-17(4)5)16-11-13(2,3)18-6;/h7-11H2,1-6H3,(H2,14,15,16);1H. The van der Waals surface area contributed by atoms with Crippen LogP contribution in [0.25, 0.3) is 0 Å². The highest BCUT2D eigenvalue weighted by Crippen LogP contribution is 2.20. The lowest BCUT2D eigenvalue weighted by Gasteiger charge is -2.20. The Kier molecular flexibility index (Phi) is 13.7. The van der Waals surface area contributed by atoms with Crippen molar-refractivity contribution in [3.8, 4) is 0 Å². The molecule has 0 saturated heterocycles. The fourth-order valence-electron chi connectivity index (χ4n) is 1.28. The number of hydrogen-bond donors (Lipinski definition) is 2. The molecule has 0 bridgehead atoms. The van der Waals surface area contributed by atoms with Gasteiger partial charge in [0.05, 0.1) is 6.54 Å². The summed E-state index contributed by atoms with van der Waals surface area (Å²) in [4.78, 5) is 6.83. The Bertz CT molecular complexity index is 245. The molecule has 0 amide bonds. The van der Waals surface area contributed by atoms with Crippen LogP contribution in [0, 0.1) is 0 Å². The maximum absolute atomic E-state index is 4.63. The van der Waals surface area contributed by atoms with E-state index in [1.54, 1.807) is 0 Å². The highest BCUT2D eigenvalue weighted by Gasteiger charge is 2.15. The Hall–Kier alpha value is 0.310. The number of hydrogen-bond acceptors (Lipinski definition) is 3. The van der Waals surface area contributed by atoms with Gasteiger partial charge in [-0.15, -0.1) is 24.0 Å². The second-order valence-electron chi connectivity index (χ2n) is 5.24. The molecule has 0 aliphatic heterocycles. The zero-order valence-electron chi connectivity index (χ0n) is 13.2. The van der Waals surface area contributed by atoms with Crippen molar-refractivity contribution in [2.45, 2.75) is 31.9 Å². The predicted octanol–water partition coefficient (Wildman–Crippen LogP) is 2.25. The number of rotatable bonds is 8. The molecule has 116 valence electrons. The Morgan fingerprint density at radius 2 is 1.89 bits per heavy atom. The number of halogens is 1. The molecule has 0 aliphatic carbocycles. The predicted molar refractivity (Wildman–Crippen MR) is 100 cm³/mol. The van der Waals surface area contributed by atoms with Crippen LogP contribution >= 0.6 is 35.7 Å². The first-order valence-electron chi connectivity index (χ1n) is 6.63. The summed E-state index contributed by atoms with van der Waals surface area (Å²) >= 11 is 1.85. The van der Waals surface area contributed by atoms with Gasteiger partial charge in [-0.1, -0.05) is 0 Å². The van der Waals surface area contributed by atoms with Gasteiger partial charge in [0.1, 0.15) is 0 Å². The van der Waals surface area contributed by atoms with Crippen LogP contribution in [0.1, 0.15) is 27.2 Å². The summed E-state index contributed by atoms with van der Waals surface area (Å²) in [6.45, 7) is 10.3. The van der Waals surface area contributed by atoms with Crippen LogP contribution in [0.4, 0.5) is 0 Å². The van der Waals surface area contributed by atoms with Crippen molar-refractivity contribution in [1.29, 1.82) is 0 Å². The molecule has 0 unspecified atom stereocenters.